The second kappa shape index (κ2) is 22.1. The van der Waals surface area contributed by atoms with Gasteiger partial charge in [-0.15, -0.1) is 0 Å². The fraction of sp³-hybridized carbons (Fsp3) is 0.231. The number of carbonyl (C=O) groups excluding carboxylic acids is 1. The Bertz CT molecular complexity index is 3290. The molecule has 0 spiro atoms. The number of carbonyl (C=O) groups is 2. The van der Waals surface area contributed by atoms with Crippen molar-refractivity contribution >= 4 is 54.0 Å². The normalized spacial score (nSPS) is 14.1. The molecule has 1 aliphatic rings. The number of carboxylic acids is 1. The number of aliphatic carboxylic acids is 1. The topological polar surface area (TPSA) is 207 Å². The van der Waals surface area contributed by atoms with E-state index < -0.39 is 44.0 Å². The number of hydrazine groups is 1. The average molecular weight is 983 g/mol. The summed E-state index contributed by atoms with van der Waals surface area (Å²) in [7, 11) is -7.96. The fourth-order valence-corrected chi connectivity index (χ4v) is 10.6. The minimum absolute atomic E-state index is 0.0211. The van der Waals surface area contributed by atoms with Gasteiger partial charge in [-0.25, -0.2) is 31.8 Å². The van der Waals surface area contributed by atoms with Crippen molar-refractivity contribution in [3.05, 3.63) is 192 Å². The van der Waals surface area contributed by atoms with Gasteiger partial charge in [0.1, 0.15) is 23.7 Å². The van der Waals surface area contributed by atoms with Gasteiger partial charge in [0.15, 0.2) is 0 Å². The molecule has 1 aliphatic heterocycles. The molecule has 6 aromatic carbocycles. The van der Waals surface area contributed by atoms with Crippen LogP contribution in [0.3, 0.4) is 0 Å². The van der Waals surface area contributed by atoms with Gasteiger partial charge in [-0.05, 0) is 97.5 Å². The molecule has 0 bridgehead atoms. The number of hydrogen-bond donors (Lipinski definition) is 4. The van der Waals surface area contributed by atoms with Crippen molar-refractivity contribution in [1.82, 2.24) is 39.0 Å². The van der Waals surface area contributed by atoms with E-state index in [1.165, 1.54) is 12.1 Å². The van der Waals surface area contributed by atoms with E-state index in [1.807, 2.05) is 98.8 Å². The molecule has 70 heavy (non-hydrogen) atoms. The van der Waals surface area contributed by atoms with Gasteiger partial charge in [0.25, 0.3) is 5.91 Å². The van der Waals surface area contributed by atoms with Gasteiger partial charge >= 0.3 is 5.97 Å². The van der Waals surface area contributed by atoms with Crippen LogP contribution in [-0.4, -0.2) is 96.3 Å². The van der Waals surface area contributed by atoms with Crippen LogP contribution in [-0.2, 0) is 60.3 Å². The number of morpholine rings is 1. The van der Waals surface area contributed by atoms with Crippen LogP contribution >= 0.6 is 0 Å². The third kappa shape index (κ3) is 12.4. The standard InChI is InChI=1S/C28H31N5O4S.C24H23N3O4S/c1-21-29-25-9-5-6-10-27(25)33(21)20-23-11-13-24(14-12-23)38(35,36)31-26(19-22-7-3-2-4-8-22)28(34)30-32-15-17-37-18-16-32;1-17-25-21-9-5-6-10-23(21)27(17)16-19-11-13-20(14-12-19)32(30,31)26-22(24(28)29)15-18-7-3-2-4-8-18/h2-14,26,31H,15-20H2,1H3,(H,30,34);2-14,22,26H,15-16H2,1H3,(H,28,29)/t26-;22-/m00/s1. The van der Waals surface area contributed by atoms with Gasteiger partial charge in [-0.3, -0.25) is 15.0 Å². The molecule has 1 saturated heterocycles. The highest BCUT2D eigenvalue weighted by Gasteiger charge is 2.29. The molecule has 4 N–H and O–H groups in total. The first-order valence-electron chi connectivity index (χ1n) is 22.7. The van der Waals surface area contributed by atoms with Crippen molar-refractivity contribution in [2.75, 3.05) is 26.3 Å². The molecule has 2 aromatic heterocycles. The predicted molar refractivity (Wildman–Crippen MR) is 267 cm³/mol. The van der Waals surface area contributed by atoms with E-state index >= 15 is 0 Å². The molecular weight excluding hydrogens is 929 g/mol. The van der Waals surface area contributed by atoms with Crippen LogP contribution in [0, 0.1) is 13.8 Å². The minimum Gasteiger partial charge on any atom is -0.480 e. The third-order valence-corrected chi connectivity index (χ3v) is 14.9. The number of aromatic nitrogens is 4. The monoisotopic (exact) mass is 982 g/mol. The Labute approximate surface area is 407 Å². The number of hydrogen-bond acceptors (Lipinski definition) is 10. The number of benzene rings is 6. The van der Waals surface area contributed by atoms with Crippen LogP contribution in [0.1, 0.15) is 33.9 Å². The van der Waals surface area contributed by atoms with Crippen molar-refractivity contribution in [1.29, 1.82) is 0 Å². The van der Waals surface area contributed by atoms with Crippen LogP contribution in [0.5, 0.6) is 0 Å². The average Bonchev–Trinajstić information content (AvgIpc) is 3.85. The molecule has 8 aromatic rings. The molecule has 0 radical (unpaired) electrons. The number of para-hydroxylation sites is 4. The molecule has 362 valence electrons. The molecular formula is C52H54N8O8S2. The van der Waals surface area contributed by atoms with Gasteiger partial charge in [0.2, 0.25) is 20.0 Å². The lowest BCUT2D eigenvalue weighted by atomic mass is 10.1. The molecule has 0 saturated carbocycles. The summed E-state index contributed by atoms with van der Waals surface area (Å²) in [6, 6.07) is 45.0. The smallest absolute Gasteiger partial charge is 0.322 e. The Morgan fingerprint density at radius 1 is 0.557 bits per heavy atom. The molecule has 1 amide bonds. The Kier molecular flexibility index (Phi) is 15.6. The maximum atomic E-state index is 13.3. The fourth-order valence-electron chi connectivity index (χ4n) is 8.19. The summed E-state index contributed by atoms with van der Waals surface area (Å²) in [5.74, 6) is 0.129. The highest BCUT2D eigenvalue weighted by Crippen LogP contribution is 2.21. The van der Waals surface area contributed by atoms with Crippen molar-refractivity contribution in [2.45, 2.75) is 61.7 Å². The van der Waals surface area contributed by atoms with Crippen molar-refractivity contribution < 1.29 is 36.3 Å². The maximum Gasteiger partial charge on any atom is 0.322 e. The Balaban J connectivity index is 0.000000191. The van der Waals surface area contributed by atoms with Crippen molar-refractivity contribution in [3.8, 4) is 0 Å². The number of fused-ring (bicyclic) bond motifs is 2. The van der Waals surface area contributed by atoms with Crippen molar-refractivity contribution in [2.24, 2.45) is 0 Å². The van der Waals surface area contributed by atoms with Crippen LogP contribution in [0.25, 0.3) is 22.1 Å². The lowest BCUT2D eigenvalue weighted by Gasteiger charge is -2.29. The molecule has 2 atom stereocenters. The summed E-state index contributed by atoms with van der Waals surface area (Å²) in [5.41, 5.74) is 10.2. The number of aryl methyl sites for hydroxylation is 2. The molecule has 16 nitrogen and oxygen atoms in total. The van der Waals surface area contributed by atoms with Crippen LogP contribution in [0.4, 0.5) is 0 Å². The number of sulfonamides is 2. The third-order valence-electron chi connectivity index (χ3n) is 11.9. The Hall–Kier alpha value is -7.06. The lowest BCUT2D eigenvalue weighted by molar-refractivity contribution is -0.139. The first-order chi connectivity index (χ1) is 33.7. The molecule has 9 rings (SSSR count). The van der Waals surface area contributed by atoms with E-state index in [4.69, 9.17) is 4.74 Å². The molecule has 0 unspecified atom stereocenters. The number of ether oxygens (including phenoxy) is 1. The number of nitrogens with zero attached hydrogens (tertiary/aromatic N) is 5. The zero-order valence-electron chi connectivity index (χ0n) is 38.7. The quantitative estimate of drug-likeness (QED) is 0.0831. The maximum absolute atomic E-state index is 13.3. The Morgan fingerprint density at radius 2 is 0.957 bits per heavy atom. The zero-order chi connectivity index (χ0) is 49.3. The van der Waals surface area contributed by atoms with Gasteiger partial charge in [0, 0.05) is 26.2 Å². The summed E-state index contributed by atoms with van der Waals surface area (Å²) in [5, 5.41) is 11.3. The van der Waals surface area contributed by atoms with Gasteiger partial charge in [-0.2, -0.15) is 9.44 Å². The lowest BCUT2D eigenvalue weighted by Crippen LogP contribution is -2.55. The number of carboxylic acid groups (broad SMARTS) is 1. The molecule has 0 aliphatic carbocycles. The van der Waals surface area contributed by atoms with Crippen LogP contribution in [0.2, 0.25) is 0 Å². The molecule has 18 heteroatoms. The number of nitrogens with one attached hydrogen (secondary N) is 3. The highest BCUT2D eigenvalue weighted by molar-refractivity contribution is 7.89. The van der Waals surface area contributed by atoms with E-state index in [9.17, 15) is 31.5 Å². The second-order valence-corrected chi connectivity index (χ2v) is 20.3. The summed E-state index contributed by atoms with van der Waals surface area (Å²) < 4.78 is 66.8. The van der Waals surface area contributed by atoms with E-state index in [1.54, 1.807) is 65.7 Å². The van der Waals surface area contributed by atoms with E-state index in [-0.39, 0.29) is 22.6 Å². The molecule has 1 fully saturated rings. The van der Waals surface area contributed by atoms with E-state index in [0.29, 0.717) is 39.4 Å². The van der Waals surface area contributed by atoms with Crippen LogP contribution in [0.15, 0.2) is 168 Å². The van der Waals surface area contributed by atoms with E-state index in [0.717, 1.165) is 56.0 Å². The van der Waals surface area contributed by atoms with Crippen molar-refractivity contribution in [3.63, 3.8) is 0 Å². The second-order valence-electron chi connectivity index (χ2n) is 16.9. The predicted octanol–water partition coefficient (Wildman–Crippen LogP) is 6.01. The molecule has 3 heterocycles. The number of rotatable bonds is 17. The number of amides is 1. The zero-order valence-corrected chi connectivity index (χ0v) is 40.3. The summed E-state index contributed by atoms with van der Waals surface area (Å²) >= 11 is 0. The highest BCUT2D eigenvalue weighted by atomic mass is 32.2. The van der Waals surface area contributed by atoms with Gasteiger partial charge < -0.3 is 19.0 Å². The van der Waals surface area contributed by atoms with E-state index in [2.05, 4.69) is 34.0 Å². The summed E-state index contributed by atoms with van der Waals surface area (Å²) in [6.45, 7) is 7.11. The largest absolute Gasteiger partial charge is 0.480 e. The SMILES string of the molecule is Cc1nc2ccccc2n1Cc1ccc(S(=O)(=O)N[C@@H](Cc2ccccc2)C(=O)NN2CCOCC2)cc1.Cc1nc2ccccc2n1Cc1ccc(S(=O)(=O)N[C@@H](Cc2ccccc2)C(=O)O)cc1. The minimum atomic E-state index is -4.00. The summed E-state index contributed by atoms with van der Waals surface area (Å²) in [6.07, 6.45) is 0.280. The van der Waals surface area contributed by atoms with Gasteiger partial charge in [0.05, 0.1) is 45.1 Å². The van der Waals surface area contributed by atoms with Crippen LogP contribution < -0.4 is 14.9 Å². The Morgan fingerprint density at radius 3 is 1.40 bits per heavy atom. The first kappa shape index (κ1) is 49.4. The first-order valence-corrected chi connectivity index (χ1v) is 25.7. The van der Waals surface area contributed by atoms with Gasteiger partial charge in [-0.1, -0.05) is 109 Å². The summed E-state index contributed by atoms with van der Waals surface area (Å²) in [4.78, 5) is 34.1. The number of imidazole rings is 2.